The maximum Gasteiger partial charge on any atom is 0.0997 e. The van der Waals surface area contributed by atoms with E-state index >= 15 is 0 Å². The Kier molecular flexibility index (Phi) is 5.57. The minimum absolute atomic E-state index is 0.362. The quantitative estimate of drug-likeness (QED) is 0.403. The summed E-state index contributed by atoms with van der Waals surface area (Å²) in [5, 5.41) is 1.84. The number of rotatable bonds is 6. The molecule has 0 N–H and O–H groups in total. The zero-order chi connectivity index (χ0) is 12.0. The summed E-state index contributed by atoms with van der Waals surface area (Å²) in [5.74, 6) is 0. The van der Waals surface area contributed by atoms with Gasteiger partial charge < -0.3 is 0 Å². The molecule has 90 valence electrons. The van der Waals surface area contributed by atoms with Crippen molar-refractivity contribution in [2.24, 2.45) is 0 Å². The van der Waals surface area contributed by atoms with Crippen molar-refractivity contribution >= 4 is 24.9 Å². The molecule has 2 heteroatoms. The lowest BCUT2D eigenvalue weighted by Gasteiger charge is -2.28. The molecule has 16 heavy (non-hydrogen) atoms. The second-order valence-electron chi connectivity index (χ2n) is 5.05. The van der Waals surface area contributed by atoms with Crippen LogP contribution in [0, 0.1) is 0 Å². The third-order valence-corrected chi connectivity index (χ3v) is 8.89. The summed E-state index contributed by atoms with van der Waals surface area (Å²) in [6, 6.07) is 10.8. The van der Waals surface area contributed by atoms with Gasteiger partial charge >= 0.3 is 0 Å². The van der Waals surface area contributed by atoms with E-state index in [1.165, 1.54) is 30.9 Å². The highest BCUT2D eigenvalue weighted by Crippen LogP contribution is 2.20. The number of hydrogen-bond acceptors (Lipinski definition) is 0. The molecule has 0 saturated heterocycles. The Morgan fingerprint density at radius 3 is 2.31 bits per heavy atom. The first-order chi connectivity index (χ1) is 7.59. The van der Waals surface area contributed by atoms with Crippen molar-refractivity contribution in [3.63, 3.8) is 0 Å². The molecule has 0 fully saturated rings. The summed E-state index contributed by atoms with van der Waals surface area (Å²) in [5.41, 5.74) is 0. The molecule has 0 nitrogen and oxygen atoms in total. The molecular formula is C14H23ClSi. The Balaban J connectivity index is 2.62. The molecule has 1 atom stereocenters. The number of unbranched alkanes of at least 4 members (excludes halogenated alkanes) is 2. The maximum absolute atomic E-state index is 6.60. The molecule has 0 heterocycles. The van der Waals surface area contributed by atoms with E-state index < -0.39 is 8.07 Å². The zero-order valence-corrected chi connectivity index (χ0v) is 12.4. The van der Waals surface area contributed by atoms with Crippen LogP contribution in [-0.4, -0.2) is 13.1 Å². The molecule has 0 aromatic heterocycles. The van der Waals surface area contributed by atoms with Crippen LogP contribution in [-0.2, 0) is 0 Å². The van der Waals surface area contributed by atoms with Crippen molar-refractivity contribution in [3.05, 3.63) is 30.3 Å². The van der Waals surface area contributed by atoms with Gasteiger partial charge in [-0.25, -0.2) is 0 Å². The number of halogens is 1. The number of benzene rings is 1. The van der Waals surface area contributed by atoms with Crippen molar-refractivity contribution < 1.29 is 0 Å². The summed E-state index contributed by atoms with van der Waals surface area (Å²) in [6.45, 7) is 7.00. The molecule has 0 aliphatic rings. The predicted molar refractivity (Wildman–Crippen MR) is 77.3 cm³/mol. The van der Waals surface area contributed by atoms with Crippen molar-refractivity contribution in [3.8, 4) is 0 Å². The van der Waals surface area contributed by atoms with Gasteiger partial charge in [-0.05, 0) is 6.42 Å². The van der Waals surface area contributed by atoms with E-state index in [-0.39, 0.29) is 0 Å². The molecule has 1 unspecified atom stereocenters. The average Bonchev–Trinajstić information content (AvgIpc) is 2.30. The third-order valence-electron chi connectivity index (χ3n) is 3.36. The van der Waals surface area contributed by atoms with Gasteiger partial charge in [-0.1, -0.05) is 74.8 Å². The summed E-state index contributed by atoms with van der Waals surface area (Å²) >= 11 is 6.60. The van der Waals surface area contributed by atoms with E-state index in [9.17, 15) is 0 Å². The molecule has 0 radical (unpaired) electrons. The van der Waals surface area contributed by atoms with Gasteiger partial charge in [0.15, 0.2) is 0 Å². The fourth-order valence-electron chi connectivity index (χ4n) is 1.98. The molecule has 1 rings (SSSR count). The fourth-order valence-corrected chi connectivity index (χ4v) is 4.85. The molecule has 0 spiro atoms. The van der Waals surface area contributed by atoms with Crippen LogP contribution in [0.1, 0.15) is 32.6 Å². The van der Waals surface area contributed by atoms with Gasteiger partial charge in [0.1, 0.15) is 0 Å². The van der Waals surface area contributed by atoms with Crippen LogP contribution in [0.5, 0.6) is 0 Å². The Labute approximate surface area is 106 Å². The molecule has 0 aliphatic heterocycles. The number of hydrogen-bond donors (Lipinski definition) is 0. The van der Waals surface area contributed by atoms with Crippen LogP contribution in [0.2, 0.25) is 13.1 Å². The van der Waals surface area contributed by atoms with E-state index in [2.05, 4.69) is 50.3 Å². The van der Waals surface area contributed by atoms with Crippen LogP contribution in [0.3, 0.4) is 0 Å². The summed E-state index contributed by atoms with van der Waals surface area (Å²) in [7, 11) is -1.47. The van der Waals surface area contributed by atoms with Gasteiger partial charge in [0.25, 0.3) is 0 Å². The molecule has 0 amide bonds. The topological polar surface area (TPSA) is 0 Å². The van der Waals surface area contributed by atoms with Crippen LogP contribution in [0.15, 0.2) is 30.3 Å². The smallest absolute Gasteiger partial charge is 0.0997 e. The van der Waals surface area contributed by atoms with E-state index in [1.807, 2.05) is 0 Å². The Morgan fingerprint density at radius 1 is 1.12 bits per heavy atom. The highest BCUT2D eigenvalue weighted by atomic mass is 35.5. The van der Waals surface area contributed by atoms with Crippen molar-refractivity contribution in [1.82, 2.24) is 0 Å². The average molecular weight is 255 g/mol. The Morgan fingerprint density at radius 2 is 1.75 bits per heavy atom. The molecule has 0 aliphatic carbocycles. The first-order valence-electron chi connectivity index (χ1n) is 6.28. The molecule has 0 saturated carbocycles. The standard InChI is InChI=1S/C14H23ClSi/c1-4-5-7-12-14(15)16(2,3)13-10-8-6-9-11-13/h6,8-11,14H,4-5,7,12H2,1-3H3. The van der Waals surface area contributed by atoms with E-state index in [1.54, 1.807) is 0 Å². The van der Waals surface area contributed by atoms with Gasteiger partial charge in [0.05, 0.1) is 8.07 Å². The summed E-state index contributed by atoms with van der Waals surface area (Å²) in [4.78, 5) is 0. The Hall–Kier alpha value is -0.273. The van der Waals surface area contributed by atoms with Crippen molar-refractivity contribution in [1.29, 1.82) is 0 Å². The van der Waals surface area contributed by atoms with E-state index in [4.69, 9.17) is 11.6 Å². The lowest BCUT2D eigenvalue weighted by molar-refractivity contribution is 0.687. The first-order valence-corrected chi connectivity index (χ1v) is 9.80. The van der Waals surface area contributed by atoms with Crippen LogP contribution < -0.4 is 5.19 Å². The summed E-state index contributed by atoms with van der Waals surface area (Å²) < 4.78 is 0. The SMILES string of the molecule is CCCCCC(Cl)[Si](C)(C)c1ccccc1. The first kappa shape index (κ1) is 13.8. The molecule has 0 bridgehead atoms. The fraction of sp³-hybridized carbons (Fsp3) is 0.571. The van der Waals surface area contributed by atoms with Crippen LogP contribution in [0.4, 0.5) is 0 Å². The highest BCUT2D eigenvalue weighted by Gasteiger charge is 2.31. The van der Waals surface area contributed by atoms with Gasteiger partial charge in [-0.15, -0.1) is 11.6 Å². The third kappa shape index (κ3) is 3.64. The monoisotopic (exact) mass is 254 g/mol. The van der Waals surface area contributed by atoms with E-state index in [0.717, 1.165) is 0 Å². The second kappa shape index (κ2) is 6.46. The maximum atomic E-state index is 6.60. The second-order valence-corrected chi connectivity index (χ2v) is 10.7. The predicted octanol–water partition coefficient (Wildman–Crippen LogP) is 4.33. The lowest BCUT2D eigenvalue weighted by Crippen LogP contribution is -2.50. The van der Waals surface area contributed by atoms with Gasteiger partial charge in [-0.2, -0.15) is 0 Å². The van der Waals surface area contributed by atoms with Gasteiger partial charge in [0, 0.05) is 5.00 Å². The molecular weight excluding hydrogens is 232 g/mol. The van der Waals surface area contributed by atoms with E-state index in [0.29, 0.717) is 5.00 Å². The van der Waals surface area contributed by atoms with Gasteiger partial charge in [-0.3, -0.25) is 0 Å². The lowest BCUT2D eigenvalue weighted by atomic mass is 10.2. The molecule has 1 aromatic carbocycles. The van der Waals surface area contributed by atoms with Crippen LogP contribution in [0.25, 0.3) is 0 Å². The molecule has 1 aromatic rings. The van der Waals surface area contributed by atoms with Gasteiger partial charge in [0.2, 0.25) is 0 Å². The Bertz CT molecular complexity index is 295. The highest BCUT2D eigenvalue weighted by molar-refractivity contribution is 6.95. The normalized spacial score (nSPS) is 13.8. The minimum Gasteiger partial charge on any atom is -0.126 e. The van der Waals surface area contributed by atoms with Crippen LogP contribution >= 0.6 is 11.6 Å². The zero-order valence-electron chi connectivity index (χ0n) is 10.7. The van der Waals surface area contributed by atoms with Crippen molar-refractivity contribution in [2.75, 3.05) is 0 Å². The number of alkyl halides is 1. The summed E-state index contributed by atoms with van der Waals surface area (Å²) in [6.07, 6.45) is 5.02. The van der Waals surface area contributed by atoms with Crippen molar-refractivity contribution in [2.45, 2.75) is 50.7 Å². The minimum atomic E-state index is -1.47. The largest absolute Gasteiger partial charge is 0.126 e.